The van der Waals surface area contributed by atoms with E-state index in [2.05, 4.69) is 15.4 Å². The molecule has 0 aromatic heterocycles. The van der Waals surface area contributed by atoms with Crippen LogP contribution in [0, 0.1) is 5.41 Å². The summed E-state index contributed by atoms with van der Waals surface area (Å²) in [4.78, 5) is 23.6. The van der Waals surface area contributed by atoms with Gasteiger partial charge in [-0.25, -0.2) is 4.79 Å². The Morgan fingerprint density at radius 1 is 1.33 bits per heavy atom. The molecule has 1 aliphatic heterocycles. The van der Waals surface area contributed by atoms with Crippen LogP contribution in [0.25, 0.3) is 0 Å². The van der Waals surface area contributed by atoms with Gasteiger partial charge in [-0.1, -0.05) is 12.1 Å². The van der Waals surface area contributed by atoms with Crippen LogP contribution in [-0.2, 0) is 16.1 Å². The first-order chi connectivity index (χ1) is 10.0. The third-order valence-electron chi connectivity index (χ3n) is 3.97. The van der Waals surface area contributed by atoms with Gasteiger partial charge in [-0.2, -0.15) is 0 Å². The highest BCUT2D eigenvalue weighted by atomic mass is 16.5. The van der Waals surface area contributed by atoms with Gasteiger partial charge >= 0.3 is 5.97 Å². The normalized spacial score (nSPS) is 21.6. The molecule has 0 bridgehead atoms. The van der Waals surface area contributed by atoms with Gasteiger partial charge in [-0.05, 0) is 44.0 Å². The Bertz CT molecular complexity index is 505. The summed E-state index contributed by atoms with van der Waals surface area (Å²) in [5.41, 5.74) is 1.14. The second-order valence-corrected chi connectivity index (χ2v) is 5.71. The summed E-state index contributed by atoms with van der Waals surface area (Å²) in [5.74, 6) is -0.280. The highest BCUT2D eigenvalue weighted by molar-refractivity contribution is 5.89. The van der Waals surface area contributed by atoms with E-state index in [-0.39, 0.29) is 17.3 Å². The zero-order chi connectivity index (χ0) is 15.3. The Hall–Kier alpha value is -1.88. The van der Waals surface area contributed by atoms with Crippen molar-refractivity contribution in [2.24, 2.45) is 5.41 Å². The maximum Gasteiger partial charge on any atom is 0.337 e. The molecule has 1 atom stereocenters. The van der Waals surface area contributed by atoms with E-state index >= 15 is 0 Å². The average molecular weight is 290 g/mol. The molecule has 0 saturated carbocycles. The van der Waals surface area contributed by atoms with E-state index in [9.17, 15) is 9.59 Å². The molecule has 1 aliphatic rings. The van der Waals surface area contributed by atoms with Crippen molar-refractivity contribution in [1.29, 1.82) is 0 Å². The van der Waals surface area contributed by atoms with Crippen LogP contribution in [0.4, 0.5) is 0 Å². The molecular formula is C16H22N2O3. The lowest BCUT2D eigenvalue weighted by atomic mass is 9.82. The molecule has 2 N–H and O–H groups in total. The van der Waals surface area contributed by atoms with Gasteiger partial charge in [-0.3, -0.25) is 4.79 Å². The fourth-order valence-electron chi connectivity index (χ4n) is 2.52. The van der Waals surface area contributed by atoms with Gasteiger partial charge in [0.15, 0.2) is 0 Å². The second kappa shape index (κ2) is 6.72. The number of benzene rings is 1. The van der Waals surface area contributed by atoms with Crippen molar-refractivity contribution >= 4 is 11.9 Å². The van der Waals surface area contributed by atoms with Crippen molar-refractivity contribution in [3.63, 3.8) is 0 Å². The van der Waals surface area contributed by atoms with Crippen LogP contribution in [0.1, 0.15) is 35.7 Å². The molecule has 1 unspecified atom stereocenters. The Balaban J connectivity index is 1.90. The summed E-state index contributed by atoms with van der Waals surface area (Å²) < 4.78 is 4.65. The zero-order valence-corrected chi connectivity index (χ0v) is 12.6. The fraction of sp³-hybridized carbons (Fsp3) is 0.500. The number of piperidine rings is 1. The number of hydrogen-bond donors (Lipinski definition) is 2. The molecular weight excluding hydrogens is 268 g/mol. The molecule has 1 saturated heterocycles. The average Bonchev–Trinajstić information content (AvgIpc) is 2.53. The van der Waals surface area contributed by atoms with Gasteiger partial charge in [0.25, 0.3) is 0 Å². The van der Waals surface area contributed by atoms with Gasteiger partial charge < -0.3 is 15.4 Å². The highest BCUT2D eigenvalue weighted by Gasteiger charge is 2.34. The second-order valence-electron chi connectivity index (χ2n) is 5.71. The van der Waals surface area contributed by atoms with Crippen molar-refractivity contribution in [3.05, 3.63) is 35.4 Å². The molecule has 114 valence electrons. The predicted molar refractivity (Wildman–Crippen MR) is 79.8 cm³/mol. The monoisotopic (exact) mass is 290 g/mol. The maximum atomic E-state index is 12.3. The van der Waals surface area contributed by atoms with E-state index in [0.29, 0.717) is 12.1 Å². The minimum atomic E-state index is -0.355. The number of methoxy groups -OCH3 is 1. The van der Waals surface area contributed by atoms with E-state index < -0.39 is 0 Å². The Labute approximate surface area is 125 Å². The number of carbonyl (C=O) groups excluding carboxylic acids is 2. The van der Waals surface area contributed by atoms with Crippen molar-refractivity contribution in [1.82, 2.24) is 10.6 Å². The van der Waals surface area contributed by atoms with Gasteiger partial charge in [0.05, 0.1) is 18.1 Å². The van der Waals surface area contributed by atoms with E-state index in [1.54, 1.807) is 12.1 Å². The van der Waals surface area contributed by atoms with Crippen LogP contribution in [0.15, 0.2) is 24.3 Å². The van der Waals surface area contributed by atoms with E-state index in [1.165, 1.54) is 7.11 Å². The first-order valence-corrected chi connectivity index (χ1v) is 7.21. The summed E-state index contributed by atoms with van der Waals surface area (Å²) in [6, 6.07) is 7.07. The number of hydrogen-bond acceptors (Lipinski definition) is 4. The molecule has 1 aromatic carbocycles. The van der Waals surface area contributed by atoms with Gasteiger partial charge in [0.1, 0.15) is 0 Å². The number of esters is 1. The summed E-state index contributed by atoms with van der Waals surface area (Å²) in [6.45, 7) is 4.17. The van der Waals surface area contributed by atoms with Crippen LogP contribution in [-0.4, -0.2) is 32.1 Å². The number of rotatable bonds is 4. The fourth-order valence-corrected chi connectivity index (χ4v) is 2.52. The first-order valence-electron chi connectivity index (χ1n) is 7.21. The van der Waals surface area contributed by atoms with Crippen LogP contribution < -0.4 is 10.6 Å². The van der Waals surface area contributed by atoms with E-state index in [0.717, 1.165) is 31.5 Å². The molecule has 21 heavy (non-hydrogen) atoms. The van der Waals surface area contributed by atoms with Crippen molar-refractivity contribution in [3.8, 4) is 0 Å². The predicted octanol–water partition coefficient (Wildman–Crippen LogP) is 1.48. The summed E-state index contributed by atoms with van der Waals surface area (Å²) in [6.07, 6.45) is 1.94. The molecule has 1 amide bonds. The van der Waals surface area contributed by atoms with Gasteiger partial charge in [0, 0.05) is 13.1 Å². The molecule has 0 spiro atoms. The number of carbonyl (C=O) groups is 2. The largest absolute Gasteiger partial charge is 0.465 e. The molecule has 1 heterocycles. The van der Waals surface area contributed by atoms with E-state index in [4.69, 9.17) is 0 Å². The smallest absolute Gasteiger partial charge is 0.337 e. The van der Waals surface area contributed by atoms with Gasteiger partial charge in [0.2, 0.25) is 5.91 Å². The lowest BCUT2D eigenvalue weighted by molar-refractivity contribution is -0.131. The van der Waals surface area contributed by atoms with Crippen LogP contribution in [0.2, 0.25) is 0 Å². The highest BCUT2D eigenvalue weighted by Crippen LogP contribution is 2.25. The van der Waals surface area contributed by atoms with Crippen molar-refractivity contribution < 1.29 is 14.3 Å². The van der Waals surface area contributed by atoms with Crippen molar-refractivity contribution in [2.75, 3.05) is 20.2 Å². The Morgan fingerprint density at radius 3 is 2.62 bits per heavy atom. The standard InChI is InChI=1S/C16H22N2O3/c1-16(8-3-9-17-11-16)15(20)18-10-12-4-6-13(7-5-12)14(19)21-2/h4-7,17H,3,8-11H2,1-2H3,(H,18,20). The van der Waals surface area contributed by atoms with E-state index in [1.807, 2.05) is 19.1 Å². The molecule has 5 heteroatoms. The van der Waals surface area contributed by atoms with Crippen LogP contribution >= 0.6 is 0 Å². The van der Waals surface area contributed by atoms with Gasteiger partial charge in [-0.15, -0.1) is 0 Å². The molecule has 0 radical (unpaired) electrons. The van der Waals surface area contributed by atoms with Crippen LogP contribution in [0.3, 0.4) is 0 Å². The molecule has 5 nitrogen and oxygen atoms in total. The molecule has 0 aliphatic carbocycles. The molecule has 1 fully saturated rings. The Kier molecular flexibility index (Phi) is 4.96. The van der Waals surface area contributed by atoms with Crippen molar-refractivity contribution in [2.45, 2.75) is 26.3 Å². The maximum absolute atomic E-state index is 12.3. The zero-order valence-electron chi connectivity index (χ0n) is 12.6. The number of amides is 1. The minimum Gasteiger partial charge on any atom is -0.465 e. The first kappa shape index (κ1) is 15.5. The quantitative estimate of drug-likeness (QED) is 0.824. The number of nitrogens with one attached hydrogen (secondary N) is 2. The minimum absolute atomic E-state index is 0.0757. The topological polar surface area (TPSA) is 67.4 Å². The third kappa shape index (κ3) is 3.82. The SMILES string of the molecule is COC(=O)c1ccc(CNC(=O)C2(C)CCCNC2)cc1. The lowest BCUT2D eigenvalue weighted by Crippen LogP contribution is -2.48. The summed E-state index contributed by atoms with van der Waals surface area (Å²) in [5, 5.41) is 6.25. The molecule has 2 rings (SSSR count). The Morgan fingerprint density at radius 2 is 2.05 bits per heavy atom. The van der Waals surface area contributed by atoms with Crippen LogP contribution in [0.5, 0.6) is 0 Å². The number of ether oxygens (including phenoxy) is 1. The third-order valence-corrected chi connectivity index (χ3v) is 3.97. The lowest BCUT2D eigenvalue weighted by Gasteiger charge is -2.32. The summed E-state index contributed by atoms with van der Waals surface area (Å²) in [7, 11) is 1.36. The molecule has 1 aromatic rings. The summed E-state index contributed by atoms with van der Waals surface area (Å²) >= 11 is 0.